The van der Waals surface area contributed by atoms with E-state index in [0.717, 1.165) is 0 Å². The number of rotatable bonds is 0. The van der Waals surface area contributed by atoms with E-state index < -0.39 is 10.6 Å². The quantitative estimate of drug-likeness (QED) is 0.568. The van der Waals surface area contributed by atoms with E-state index >= 15 is 0 Å². The monoisotopic (exact) mass is 177 g/mol. The van der Waals surface area contributed by atoms with Crippen molar-refractivity contribution < 1.29 is 17.0 Å². The minimum absolute atomic E-state index is 0.241. The minimum Gasteiger partial charge on any atom is -0.265 e. The first-order chi connectivity index (χ1) is 5.13. The van der Waals surface area contributed by atoms with Crippen LogP contribution in [-0.4, -0.2) is 17.6 Å². The molecular weight excluding hydrogens is 173 g/mol. The number of nitrogens with zero attached hydrogens (tertiary/aromatic N) is 1. The van der Waals surface area contributed by atoms with Crippen LogP contribution in [0.25, 0.3) is 0 Å². The van der Waals surface area contributed by atoms with Gasteiger partial charge in [-0.2, -0.15) is 0 Å². The molecule has 0 N–H and O–H groups in total. The maximum Gasteiger partial charge on any atom is 0.425 e. The molecule has 60 valence electrons. The van der Waals surface area contributed by atoms with Crippen molar-refractivity contribution >= 4 is 10.6 Å². The highest BCUT2D eigenvalue weighted by atomic mass is 32.2. The Labute approximate surface area is 63.8 Å². The van der Waals surface area contributed by atoms with Crippen LogP contribution in [-0.2, 0) is 10.6 Å². The zero-order valence-electron chi connectivity index (χ0n) is 5.27. The molecule has 4 nitrogen and oxygen atoms in total. The van der Waals surface area contributed by atoms with Crippen LogP contribution in [0.1, 0.15) is 0 Å². The molecular formula is C5H4FNO3S. The van der Waals surface area contributed by atoms with Crippen LogP contribution in [0, 0.1) is 5.82 Å². The normalized spacial score (nSPS) is 7.73. The minimum atomic E-state index is -3.11. The first-order valence-electron chi connectivity index (χ1n) is 2.45. The number of pyridine rings is 1. The van der Waals surface area contributed by atoms with Gasteiger partial charge in [-0.1, -0.05) is 0 Å². The van der Waals surface area contributed by atoms with Crippen molar-refractivity contribution in [3.63, 3.8) is 0 Å². The molecule has 11 heavy (non-hydrogen) atoms. The SMILES string of the molecule is Fc1ccncc1.O=S(=O)=O. The van der Waals surface area contributed by atoms with Gasteiger partial charge in [0.2, 0.25) is 0 Å². The molecule has 0 fully saturated rings. The van der Waals surface area contributed by atoms with Crippen molar-refractivity contribution in [3.05, 3.63) is 30.3 Å². The summed E-state index contributed by atoms with van der Waals surface area (Å²) in [5.41, 5.74) is 0. The van der Waals surface area contributed by atoms with Gasteiger partial charge >= 0.3 is 10.6 Å². The fourth-order valence-electron chi connectivity index (χ4n) is 0.334. The molecule has 0 aliphatic heterocycles. The fraction of sp³-hybridized carbons (Fsp3) is 0. The van der Waals surface area contributed by atoms with E-state index in [-0.39, 0.29) is 5.82 Å². The van der Waals surface area contributed by atoms with Crippen LogP contribution in [0.3, 0.4) is 0 Å². The first kappa shape index (κ1) is 9.70. The number of hydrogen-bond acceptors (Lipinski definition) is 4. The average molecular weight is 177 g/mol. The topological polar surface area (TPSA) is 64.1 Å². The Morgan fingerprint density at radius 2 is 1.55 bits per heavy atom. The average Bonchev–Trinajstić information content (AvgIpc) is 1.87. The number of halogens is 1. The van der Waals surface area contributed by atoms with Gasteiger partial charge in [0.15, 0.2) is 0 Å². The van der Waals surface area contributed by atoms with Crippen molar-refractivity contribution in [1.82, 2.24) is 4.98 Å². The molecule has 0 radical (unpaired) electrons. The predicted molar refractivity (Wildman–Crippen MR) is 33.9 cm³/mol. The van der Waals surface area contributed by atoms with E-state index in [0.29, 0.717) is 0 Å². The van der Waals surface area contributed by atoms with Crippen LogP contribution in [0.15, 0.2) is 24.5 Å². The number of aromatic nitrogens is 1. The van der Waals surface area contributed by atoms with E-state index in [1.807, 2.05) is 0 Å². The summed E-state index contributed by atoms with van der Waals surface area (Å²) < 4.78 is 37.2. The van der Waals surface area contributed by atoms with Crippen LogP contribution in [0.5, 0.6) is 0 Å². The summed E-state index contributed by atoms with van der Waals surface area (Å²) in [4.78, 5) is 3.61. The Morgan fingerprint density at radius 1 is 1.18 bits per heavy atom. The van der Waals surface area contributed by atoms with Crippen molar-refractivity contribution in [2.24, 2.45) is 0 Å². The lowest BCUT2D eigenvalue weighted by atomic mass is 10.5. The lowest BCUT2D eigenvalue weighted by molar-refractivity contribution is 0.559. The van der Waals surface area contributed by atoms with Gasteiger partial charge in [0.05, 0.1) is 0 Å². The molecule has 0 bridgehead atoms. The molecule has 6 heteroatoms. The van der Waals surface area contributed by atoms with Gasteiger partial charge < -0.3 is 0 Å². The summed E-state index contributed by atoms with van der Waals surface area (Å²) in [5.74, 6) is -0.241. The zero-order valence-corrected chi connectivity index (χ0v) is 6.08. The summed E-state index contributed by atoms with van der Waals surface area (Å²) in [7, 11) is -3.11. The van der Waals surface area contributed by atoms with Gasteiger partial charge in [0, 0.05) is 12.4 Å². The van der Waals surface area contributed by atoms with Gasteiger partial charge in [-0.15, -0.1) is 12.6 Å². The molecule has 0 aliphatic carbocycles. The van der Waals surface area contributed by atoms with E-state index in [2.05, 4.69) is 4.98 Å². The van der Waals surface area contributed by atoms with E-state index in [9.17, 15) is 4.39 Å². The maximum absolute atomic E-state index is 11.9. The first-order valence-corrected chi connectivity index (χ1v) is 3.45. The molecule has 1 aromatic rings. The highest BCUT2D eigenvalue weighted by Gasteiger charge is 1.78. The smallest absolute Gasteiger partial charge is 0.265 e. The largest absolute Gasteiger partial charge is 0.425 e. The summed E-state index contributed by atoms with van der Waals surface area (Å²) in [5, 5.41) is 0. The molecule has 0 amide bonds. The Balaban J connectivity index is 0.000000218. The van der Waals surface area contributed by atoms with Crippen LogP contribution < -0.4 is 0 Å². The fourth-order valence-corrected chi connectivity index (χ4v) is 0.334. The molecule has 0 saturated carbocycles. The second-order valence-corrected chi connectivity index (χ2v) is 1.78. The highest BCUT2D eigenvalue weighted by Crippen LogP contribution is 1.88. The van der Waals surface area contributed by atoms with Crippen molar-refractivity contribution in [1.29, 1.82) is 0 Å². The van der Waals surface area contributed by atoms with Crippen molar-refractivity contribution in [3.8, 4) is 0 Å². The van der Waals surface area contributed by atoms with Gasteiger partial charge in [0.1, 0.15) is 5.82 Å². The Kier molecular flexibility index (Phi) is 4.83. The molecule has 0 unspecified atom stereocenters. The highest BCUT2D eigenvalue weighted by molar-refractivity contribution is 7.59. The van der Waals surface area contributed by atoms with Gasteiger partial charge in [0.25, 0.3) is 0 Å². The van der Waals surface area contributed by atoms with Crippen molar-refractivity contribution in [2.45, 2.75) is 0 Å². The number of hydrogen-bond donors (Lipinski definition) is 0. The Morgan fingerprint density at radius 3 is 1.73 bits per heavy atom. The molecule has 0 spiro atoms. The van der Waals surface area contributed by atoms with Crippen LogP contribution in [0.2, 0.25) is 0 Å². The Bertz CT molecular complexity index is 288. The van der Waals surface area contributed by atoms with Crippen molar-refractivity contribution in [2.75, 3.05) is 0 Å². The molecule has 0 saturated heterocycles. The lowest BCUT2D eigenvalue weighted by Gasteiger charge is -1.78. The van der Waals surface area contributed by atoms with Crippen LogP contribution in [0.4, 0.5) is 4.39 Å². The molecule has 1 aromatic heterocycles. The third-order valence-electron chi connectivity index (χ3n) is 0.640. The van der Waals surface area contributed by atoms with Gasteiger partial charge in [-0.25, -0.2) is 4.39 Å². The van der Waals surface area contributed by atoms with Crippen LogP contribution >= 0.6 is 0 Å². The molecule has 0 aromatic carbocycles. The summed E-state index contributed by atoms with van der Waals surface area (Å²) >= 11 is 0. The second kappa shape index (κ2) is 5.48. The van der Waals surface area contributed by atoms with Gasteiger partial charge in [-0.05, 0) is 12.1 Å². The summed E-state index contributed by atoms with van der Waals surface area (Å²) in [6.45, 7) is 0. The zero-order chi connectivity index (χ0) is 8.69. The summed E-state index contributed by atoms with van der Waals surface area (Å²) in [6.07, 6.45) is 2.82. The third-order valence-corrected chi connectivity index (χ3v) is 0.640. The molecule has 0 aliphatic rings. The lowest BCUT2D eigenvalue weighted by Crippen LogP contribution is -1.69. The van der Waals surface area contributed by atoms with Gasteiger partial charge in [-0.3, -0.25) is 4.98 Å². The maximum atomic E-state index is 11.9. The standard InChI is InChI=1S/C5H4FN.O3S/c6-5-1-3-7-4-2-5;1-4(2)3/h1-4H;. The second-order valence-electron chi connectivity index (χ2n) is 1.37. The van der Waals surface area contributed by atoms with E-state index in [1.165, 1.54) is 24.5 Å². The molecule has 0 atom stereocenters. The Hall–Kier alpha value is -1.30. The third kappa shape index (κ3) is 8.70. The van der Waals surface area contributed by atoms with E-state index in [4.69, 9.17) is 12.6 Å². The summed E-state index contributed by atoms with van der Waals surface area (Å²) in [6, 6.07) is 2.61. The predicted octanol–water partition coefficient (Wildman–Crippen LogP) is 0.217. The molecule has 1 rings (SSSR count). The molecule has 1 heterocycles. The van der Waals surface area contributed by atoms with E-state index in [1.54, 1.807) is 0 Å².